The second-order valence-corrected chi connectivity index (χ2v) is 9.94. The molecule has 1 aliphatic carbocycles. The number of hydrogen-bond donors (Lipinski definition) is 1. The number of likely N-dealkylation sites (N-methyl/N-ethyl adjacent to an activating group) is 1. The van der Waals surface area contributed by atoms with Gasteiger partial charge in [0.1, 0.15) is 6.17 Å². The fourth-order valence-corrected chi connectivity index (χ4v) is 4.65. The molecule has 1 aliphatic heterocycles. The Morgan fingerprint density at radius 3 is 2.49 bits per heavy atom. The number of rotatable bonds is 9. The van der Waals surface area contributed by atoms with E-state index in [9.17, 15) is 27.2 Å². The normalized spacial score (nSPS) is 18.9. The van der Waals surface area contributed by atoms with Gasteiger partial charge in [-0.2, -0.15) is 13.2 Å². The largest absolute Gasteiger partial charge is 0.416 e. The molecule has 4 rings (SSSR count). The maximum absolute atomic E-state index is 13.5. The van der Waals surface area contributed by atoms with Gasteiger partial charge in [-0.3, -0.25) is 9.59 Å². The molecule has 2 aromatic rings. The predicted octanol–water partition coefficient (Wildman–Crippen LogP) is 3.95. The van der Waals surface area contributed by atoms with Crippen LogP contribution in [0.2, 0.25) is 0 Å². The fourth-order valence-electron chi connectivity index (χ4n) is 4.65. The summed E-state index contributed by atoms with van der Waals surface area (Å²) in [6.07, 6.45) is -4.67. The zero-order chi connectivity index (χ0) is 26.7. The van der Waals surface area contributed by atoms with Gasteiger partial charge in [-0.25, -0.2) is 4.39 Å². The lowest BCUT2D eigenvalue weighted by Gasteiger charge is -2.31. The molecular formula is C27H32F4N4O2. The van der Waals surface area contributed by atoms with E-state index in [-0.39, 0.29) is 37.0 Å². The lowest BCUT2D eigenvalue weighted by atomic mass is 9.97. The monoisotopic (exact) mass is 520 g/mol. The minimum atomic E-state index is -4.51. The molecule has 37 heavy (non-hydrogen) atoms. The van der Waals surface area contributed by atoms with Crippen LogP contribution < -0.4 is 5.32 Å². The first-order valence-electron chi connectivity index (χ1n) is 12.4. The zero-order valence-corrected chi connectivity index (χ0v) is 21.0. The maximum Gasteiger partial charge on any atom is 0.416 e. The Morgan fingerprint density at radius 2 is 1.81 bits per heavy atom. The van der Waals surface area contributed by atoms with Gasteiger partial charge in [0.25, 0.3) is 0 Å². The van der Waals surface area contributed by atoms with E-state index in [0.29, 0.717) is 32.5 Å². The van der Waals surface area contributed by atoms with Crippen LogP contribution in [0.5, 0.6) is 0 Å². The van der Waals surface area contributed by atoms with Crippen molar-refractivity contribution in [3.63, 3.8) is 0 Å². The third-order valence-electron chi connectivity index (χ3n) is 6.89. The van der Waals surface area contributed by atoms with Crippen LogP contribution in [-0.4, -0.2) is 73.0 Å². The van der Waals surface area contributed by atoms with Crippen LogP contribution in [-0.2, 0) is 35.3 Å². The molecule has 2 atom stereocenters. The smallest absolute Gasteiger partial charge is 0.376 e. The Bertz CT molecular complexity index is 1140. The second kappa shape index (κ2) is 11.1. The van der Waals surface area contributed by atoms with Crippen molar-refractivity contribution in [1.82, 2.24) is 14.7 Å². The topological polar surface area (TPSA) is 55.9 Å². The number of benzene rings is 2. The summed E-state index contributed by atoms with van der Waals surface area (Å²) in [4.78, 5) is 30.6. The number of hydrogen-bond acceptors (Lipinski definition) is 4. The second-order valence-electron chi connectivity index (χ2n) is 9.94. The van der Waals surface area contributed by atoms with Crippen LogP contribution >= 0.6 is 0 Å². The Labute approximate surface area is 214 Å². The van der Waals surface area contributed by atoms with Gasteiger partial charge >= 0.3 is 6.18 Å². The number of amides is 2. The molecule has 0 bridgehead atoms. The number of nitrogens with zero attached hydrogens (tertiary/aromatic N) is 3. The highest BCUT2D eigenvalue weighted by molar-refractivity contribution is 5.83. The molecule has 0 spiro atoms. The highest BCUT2D eigenvalue weighted by Crippen LogP contribution is 2.37. The molecule has 0 saturated heterocycles. The van der Waals surface area contributed by atoms with E-state index in [2.05, 4.69) is 5.32 Å². The minimum absolute atomic E-state index is 0.0511. The first-order valence-corrected chi connectivity index (χ1v) is 12.4. The van der Waals surface area contributed by atoms with E-state index >= 15 is 0 Å². The van der Waals surface area contributed by atoms with Gasteiger partial charge < -0.3 is 20.0 Å². The quantitative estimate of drug-likeness (QED) is 0.509. The molecule has 0 unspecified atom stereocenters. The summed E-state index contributed by atoms with van der Waals surface area (Å²) in [5.41, 5.74) is 2.00. The molecule has 6 nitrogen and oxygen atoms in total. The summed E-state index contributed by atoms with van der Waals surface area (Å²) >= 11 is 0. The number of nitrogens with one attached hydrogen (secondary N) is 1. The first-order chi connectivity index (χ1) is 17.5. The van der Waals surface area contributed by atoms with Crippen molar-refractivity contribution in [3.8, 4) is 0 Å². The molecule has 10 heteroatoms. The molecule has 1 fully saturated rings. The third kappa shape index (κ3) is 6.60. The maximum atomic E-state index is 13.5. The minimum Gasteiger partial charge on any atom is -0.376 e. The molecule has 2 aliphatic rings. The van der Waals surface area contributed by atoms with Gasteiger partial charge in [0, 0.05) is 38.4 Å². The summed E-state index contributed by atoms with van der Waals surface area (Å²) in [5.74, 6) is -0.981. The van der Waals surface area contributed by atoms with Crippen molar-refractivity contribution in [2.24, 2.45) is 5.92 Å². The van der Waals surface area contributed by atoms with E-state index in [4.69, 9.17) is 0 Å². The van der Waals surface area contributed by atoms with Crippen LogP contribution in [0.3, 0.4) is 0 Å². The Morgan fingerprint density at radius 1 is 1.08 bits per heavy atom. The lowest BCUT2D eigenvalue weighted by Crippen LogP contribution is -2.40. The van der Waals surface area contributed by atoms with Crippen LogP contribution in [0.25, 0.3) is 0 Å². The van der Waals surface area contributed by atoms with E-state index in [1.807, 2.05) is 37.2 Å². The predicted molar refractivity (Wildman–Crippen MR) is 132 cm³/mol. The lowest BCUT2D eigenvalue weighted by molar-refractivity contribution is -0.139. The van der Waals surface area contributed by atoms with Gasteiger partial charge in [0.15, 0.2) is 0 Å². The average Bonchev–Trinajstić information content (AvgIpc) is 3.60. The third-order valence-corrected chi connectivity index (χ3v) is 6.89. The van der Waals surface area contributed by atoms with Gasteiger partial charge in [0.2, 0.25) is 11.8 Å². The summed E-state index contributed by atoms with van der Waals surface area (Å²) in [6, 6.07) is 10.9. The molecule has 1 saturated carbocycles. The first kappa shape index (κ1) is 26.9. The molecule has 2 amide bonds. The molecule has 0 radical (unpaired) electrons. The van der Waals surface area contributed by atoms with Crippen molar-refractivity contribution in [1.29, 1.82) is 0 Å². The number of halogens is 4. The van der Waals surface area contributed by atoms with Gasteiger partial charge in [-0.05, 0) is 55.8 Å². The van der Waals surface area contributed by atoms with Crippen molar-refractivity contribution < 1.29 is 27.2 Å². The number of carbonyl (C=O) groups is 2. The van der Waals surface area contributed by atoms with Gasteiger partial charge in [-0.15, -0.1) is 0 Å². The van der Waals surface area contributed by atoms with Gasteiger partial charge in [0.05, 0.1) is 18.0 Å². The summed E-state index contributed by atoms with van der Waals surface area (Å²) in [5, 5.41) is 3.17. The summed E-state index contributed by atoms with van der Waals surface area (Å²) in [6.45, 7) is 1.43. The van der Waals surface area contributed by atoms with Crippen molar-refractivity contribution >= 4 is 17.5 Å². The highest BCUT2D eigenvalue weighted by Gasteiger charge is 2.46. The Hall–Kier alpha value is -3.14. The average molecular weight is 521 g/mol. The SMILES string of the molecule is CN(C)CCN(Cc1ccccc1C(F)(F)F)C(=O)CNc1cccc2c1CCN(C(=O)[C@@H]1C[C@@H]1F)C2. The molecule has 200 valence electrons. The van der Waals surface area contributed by atoms with Crippen molar-refractivity contribution in [2.75, 3.05) is 45.6 Å². The summed E-state index contributed by atoms with van der Waals surface area (Å²) < 4.78 is 53.9. The molecule has 1 N–H and O–H groups in total. The summed E-state index contributed by atoms with van der Waals surface area (Å²) in [7, 11) is 3.68. The number of alkyl halides is 4. The molecule has 0 aromatic heterocycles. The van der Waals surface area contributed by atoms with E-state index in [0.717, 1.165) is 22.9 Å². The number of anilines is 1. The van der Waals surface area contributed by atoms with Crippen molar-refractivity contribution in [3.05, 3.63) is 64.7 Å². The molecule has 1 heterocycles. The molecule has 2 aromatic carbocycles. The van der Waals surface area contributed by atoms with Crippen molar-refractivity contribution in [2.45, 2.75) is 38.3 Å². The van der Waals surface area contributed by atoms with E-state index in [1.165, 1.54) is 17.0 Å². The van der Waals surface area contributed by atoms with E-state index in [1.54, 1.807) is 11.0 Å². The highest BCUT2D eigenvalue weighted by atomic mass is 19.4. The van der Waals surface area contributed by atoms with Crippen LogP contribution in [0.4, 0.5) is 23.2 Å². The van der Waals surface area contributed by atoms with Crippen LogP contribution in [0.15, 0.2) is 42.5 Å². The standard InChI is InChI=1S/C27H32F4N4O2/c1-33(2)12-13-34(17-19-6-3-4-8-22(19)27(29,30)31)25(36)15-32-24-9-5-7-18-16-35(11-10-20(18)24)26(37)21-14-23(21)28/h3-9,21,23,32H,10-17H2,1-2H3/t21-,23+/m1/s1. The fraction of sp³-hybridized carbons (Fsp3) is 0.481. The molecular weight excluding hydrogens is 488 g/mol. The number of fused-ring (bicyclic) bond motifs is 1. The van der Waals surface area contributed by atoms with Crippen LogP contribution in [0, 0.1) is 5.92 Å². The van der Waals surface area contributed by atoms with E-state index < -0.39 is 23.8 Å². The van der Waals surface area contributed by atoms with Gasteiger partial charge in [-0.1, -0.05) is 30.3 Å². The van der Waals surface area contributed by atoms with Crippen LogP contribution in [0.1, 0.15) is 28.7 Å². The Balaban J connectivity index is 1.44. The zero-order valence-electron chi connectivity index (χ0n) is 21.0. The number of carbonyl (C=O) groups excluding carboxylic acids is 2. The Kier molecular flexibility index (Phi) is 8.06.